The van der Waals surface area contributed by atoms with Gasteiger partial charge in [0.15, 0.2) is 5.82 Å². The number of nitrogens with one attached hydrogen (secondary N) is 1. The largest absolute Gasteiger partial charge is 0.399 e. The summed E-state index contributed by atoms with van der Waals surface area (Å²) in [4.78, 5) is 10.2. The molecule has 0 saturated heterocycles. The third-order valence-corrected chi connectivity index (χ3v) is 3.78. The average molecular weight is 330 g/mol. The van der Waals surface area contributed by atoms with Crippen molar-refractivity contribution < 1.29 is 4.39 Å². The van der Waals surface area contributed by atoms with Crippen LogP contribution < -0.4 is 11.1 Å². The summed E-state index contributed by atoms with van der Waals surface area (Å²) in [6.07, 6.45) is 4.80. The predicted octanol–water partition coefficient (Wildman–Crippen LogP) is 4.73. The van der Waals surface area contributed by atoms with Gasteiger partial charge in [0.2, 0.25) is 0 Å². The Kier molecular flexibility index (Phi) is 6.17. The lowest BCUT2D eigenvalue weighted by atomic mass is 10.2. The van der Waals surface area contributed by atoms with Crippen LogP contribution in [0.5, 0.6) is 0 Å². The van der Waals surface area contributed by atoms with Crippen molar-refractivity contribution >= 4 is 39.2 Å². The minimum atomic E-state index is 0.330. The first-order valence-corrected chi connectivity index (χ1v) is 8.12. The Morgan fingerprint density at radius 3 is 2.91 bits per heavy atom. The summed E-state index contributed by atoms with van der Waals surface area (Å²) < 4.78 is 12.2. The van der Waals surface area contributed by atoms with E-state index in [1.54, 1.807) is 17.5 Å². The molecule has 0 fully saturated rings. The van der Waals surface area contributed by atoms with E-state index in [0.717, 1.165) is 22.4 Å². The summed E-state index contributed by atoms with van der Waals surface area (Å²) in [6, 6.07) is 5.39. The topological polar surface area (TPSA) is 63.8 Å². The highest BCUT2D eigenvalue weighted by atomic mass is 32.2. The Hall–Kier alpha value is -2.34. The molecule has 1 aromatic heterocycles. The van der Waals surface area contributed by atoms with Crippen LogP contribution in [0.15, 0.2) is 48.7 Å². The first-order valence-electron chi connectivity index (χ1n) is 7.24. The summed E-state index contributed by atoms with van der Waals surface area (Å²) in [5, 5.41) is 4.85. The monoisotopic (exact) mass is 330 g/mol. The Bertz CT molecular complexity index is 756. The zero-order valence-corrected chi connectivity index (χ0v) is 13.7. The molecule has 0 spiro atoms. The van der Waals surface area contributed by atoms with Crippen molar-refractivity contribution in [1.29, 1.82) is 0 Å². The lowest BCUT2D eigenvalue weighted by Crippen LogP contribution is -2.06. The number of hydrogen-bond acceptors (Lipinski definition) is 5. The zero-order valence-electron chi connectivity index (χ0n) is 12.9. The predicted molar refractivity (Wildman–Crippen MR) is 98.7 cm³/mol. The van der Waals surface area contributed by atoms with Gasteiger partial charge in [-0.2, -0.15) is 0 Å². The molecule has 0 aliphatic carbocycles. The van der Waals surface area contributed by atoms with Gasteiger partial charge in [0, 0.05) is 17.1 Å². The lowest BCUT2D eigenvalue weighted by Gasteiger charge is -2.12. The van der Waals surface area contributed by atoms with Gasteiger partial charge in [-0.15, -0.1) is 0 Å². The number of allylic oxidation sites excluding steroid dienone is 1. The molecule has 0 unspecified atom stereocenters. The number of anilines is 2. The molecule has 1 aromatic carbocycles. The molecule has 0 saturated carbocycles. The summed E-state index contributed by atoms with van der Waals surface area (Å²) in [5.74, 6) is 0.606. The van der Waals surface area contributed by atoms with Crippen molar-refractivity contribution in [1.82, 2.24) is 9.97 Å². The highest BCUT2D eigenvalue weighted by molar-refractivity contribution is 8.10. The van der Waals surface area contributed by atoms with E-state index in [2.05, 4.69) is 29.9 Å². The Labute approximate surface area is 139 Å². The quantitative estimate of drug-likeness (QED) is 0.718. The van der Waals surface area contributed by atoms with Gasteiger partial charge in [-0.25, -0.2) is 14.4 Å². The number of halogens is 1. The SMILES string of the molecule is C=CS/C(=C\CC)c1nc2cc(N)ccc2nc1NC/C=C/F. The van der Waals surface area contributed by atoms with Gasteiger partial charge in [0.05, 0.1) is 17.4 Å². The van der Waals surface area contributed by atoms with Gasteiger partial charge in [-0.05, 0) is 36.1 Å². The van der Waals surface area contributed by atoms with E-state index in [-0.39, 0.29) is 0 Å². The fraction of sp³-hybridized carbons (Fsp3) is 0.176. The summed E-state index contributed by atoms with van der Waals surface area (Å²) >= 11 is 1.48. The standard InChI is InChI=1S/C17H19FN4S/c1-3-6-15(23-4-2)16-17(20-10-5-9-18)22-13-8-7-12(19)11-14(13)21-16/h4-9,11H,2-3,10,19H2,1H3,(H,20,22)/b9-5+,15-6-. The normalized spacial score (nSPS) is 12.0. The molecule has 0 amide bonds. The van der Waals surface area contributed by atoms with Crippen molar-refractivity contribution in [3.05, 3.63) is 54.4 Å². The maximum absolute atomic E-state index is 12.2. The maximum Gasteiger partial charge on any atom is 0.154 e. The molecule has 0 atom stereocenters. The van der Waals surface area contributed by atoms with Gasteiger partial charge < -0.3 is 11.1 Å². The molecule has 0 aliphatic heterocycles. The van der Waals surface area contributed by atoms with E-state index < -0.39 is 0 Å². The molecular weight excluding hydrogens is 311 g/mol. The second-order valence-electron chi connectivity index (χ2n) is 4.67. The van der Waals surface area contributed by atoms with Crippen molar-refractivity contribution in [2.24, 2.45) is 0 Å². The fourth-order valence-electron chi connectivity index (χ4n) is 2.04. The molecular formula is C17H19FN4S. The molecule has 120 valence electrons. The Balaban J connectivity index is 2.58. The van der Waals surface area contributed by atoms with Crippen LogP contribution in [-0.2, 0) is 0 Å². The zero-order chi connectivity index (χ0) is 16.7. The summed E-state index contributed by atoms with van der Waals surface area (Å²) in [6.45, 7) is 6.14. The van der Waals surface area contributed by atoms with E-state index in [0.29, 0.717) is 30.1 Å². The minimum Gasteiger partial charge on any atom is -0.399 e. The van der Waals surface area contributed by atoms with Crippen molar-refractivity contribution in [2.45, 2.75) is 13.3 Å². The summed E-state index contributed by atoms with van der Waals surface area (Å²) in [5.41, 5.74) is 8.63. The van der Waals surface area contributed by atoms with Gasteiger partial charge in [0.25, 0.3) is 0 Å². The highest BCUT2D eigenvalue weighted by Crippen LogP contribution is 2.33. The van der Waals surface area contributed by atoms with E-state index in [9.17, 15) is 4.39 Å². The number of fused-ring (bicyclic) bond motifs is 1. The molecule has 1 heterocycles. The number of nitrogen functional groups attached to an aromatic ring is 1. The number of thioether (sulfide) groups is 1. The van der Waals surface area contributed by atoms with Crippen LogP contribution >= 0.6 is 11.8 Å². The van der Waals surface area contributed by atoms with E-state index in [4.69, 9.17) is 10.7 Å². The van der Waals surface area contributed by atoms with Crippen LogP contribution in [0.2, 0.25) is 0 Å². The molecule has 0 radical (unpaired) electrons. The van der Waals surface area contributed by atoms with Crippen LogP contribution in [-0.4, -0.2) is 16.5 Å². The van der Waals surface area contributed by atoms with Crippen molar-refractivity contribution in [3.63, 3.8) is 0 Å². The Morgan fingerprint density at radius 1 is 1.39 bits per heavy atom. The second-order valence-corrected chi connectivity index (χ2v) is 5.68. The van der Waals surface area contributed by atoms with E-state index in [1.165, 1.54) is 17.8 Å². The fourth-order valence-corrected chi connectivity index (χ4v) is 2.74. The first-order chi connectivity index (χ1) is 11.2. The van der Waals surface area contributed by atoms with Gasteiger partial charge in [-0.1, -0.05) is 31.3 Å². The van der Waals surface area contributed by atoms with Gasteiger partial charge >= 0.3 is 0 Å². The van der Waals surface area contributed by atoms with Crippen LogP contribution in [0.4, 0.5) is 15.9 Å². The minimum absolute atomic E-state index is 0.330. The lowest BCUT2D eigenvalue weighted by molar-refractivity contribution is 0.718. The molecule has 0 aliphatic rings. The van der Waals surface area contributed by atoms with E-state index in [1.807, 2.05) is 6.07 Å². The van der Waals surface area contributed by atoms with Gasteiger partial charge in [-0.3, -0.25) is 0 Å². The molecule has 3 N–H and O–H groups in total. The number of benzene rings is 1. The van der Waals surface area contributed by atoms with E-state index >= 15 is 0 Å². The molecule has 4 nitrogen and oxygen atoms in total. The Morgan fingerprint density at radius 2 is 2.22 bits per heavy atom. The number of nitrogens with zero attached hydrogens (tertiary/aromatic N) is 2. The molecule has 2 rings (SSSR count). The number of nitrogens with two attached hydrogens (primary N) is 1. The maximum atomic E-state index is 12.2. The summed E-state index contributed by atoms with van der Waals surface area (Å²) in [7, 11) is 0. The second kappa shape index (κ2) is 8.33. The number of aromatic nitrogens is 2. The smallest absolute Gasteiger partial charge is 0.154 e. The van der Waals surface area contributed by atoms with Crippen LogP contribution in [0.1, 0.15) is 19.0 Å². The number of hydrogen-bond donors (Lipinski definition) is 2. The highest BCUT2D eigenvalue weighted by Gasteiger charge is 2.13. The molecule has 2 aromatic rings. The number of rotatable bonds is 7. The van der Waals surface area contributed by atoms with Crippen LogP contribution in [0.3, 0.4) is 0 Å². The van der Waals surface area contributed by atoms with Crippen LogP contribution in [0.25, 0.3) is 15.9 Å². The van der Waals surface area contributed by atoms with Crippen LogP contribution in [0, 0.1) is 0 Å². The van der Waals surface area contributed by atoms with Crippen molar-refractivity contribution in [2.75, 3.05) is 17.6 Å². The third kappa shape index (κ3) is 4.32. The first kappa shape index (κ1) is 17.0. The average Bonchev–Trinajstić information content (AvgIpc) is 2.54. The van der Waals surface area contributed by atoms with Gasteiger partial charge in [0.1, 0.15) is 5.69 Å². The molecule has 23 heavy (non-hydrogen) atoms. The van der Waals surface area contributed by atoms with Crippen molar-refractivity contribution in [3.8, 4) is 0 Å². The molecule has 6 heteroatoms. The molecule has 0 bridgehead atoms. The third-order valence-electron chi connectivity index (χ3n) is 3.00.